The fourth-order valence-electron chi connectivity index (χ4n) is 2.41. The maximum atomic E-state index is 12.8. The molecule has 3 heterocycles. The summed E-state index contributed by atoms with van der Waals surface area (Å²) < 4.78 is 39.3. The summed E-state index contributed by atoms with van der Waals surface area (Å²) in [5.74, 6) is -0.911. The molecule has 0 bridgehead atoms. The smallest absolute Gasteiger partial charge is 0.350 e. The molecule has 1 aliphatic rings. The van der Waals surface area contributed by atoms with Crippen LogP contribution in [0.5, 0.6) is 0 Å². The monoisotopic (exact) mass is 345 g/mol. The summed E-state index contributed by atoms with van der Waals surface area (Å²) in [5.41, 5.74) is 0. The largest absolute Gasteiger partial charge is 0.451 e. The average molecular weight is 345 g/mol. The number of nitrogens with zero attached hydrogens (tertiary/aromatic N) is 4. The third-order valence-corrected chi connectivity index (χ3v) is 4.37. The molecule has 0 unspecified atom stereocenters. The highest BCUT2D eigenvalue weighted by molar-refractivity contribution is 7.09. The van der Waals surface area contributed by atoms with Crippen LogP contribution in [0.15, 0.2) is 17.5 Å². The maximum absolute atomic E-state index is 12.8. The van der Waals surface area contributed by atoms with Gasteiger partial charge in [0.05, 0.1) is 19.6 Å². The first-order valence-corrected chi connectivity index (χ1v) is 7.82. The van der Waals surface area contributed by atoms with Crippen molar-refractivity contribution in [3.63, 3.8) is 0 Å². The number of carbonyl (C=O) groups is 1. The Kier molecular flexibility index (Phi) is 4.35. The van der Waals surface area contributed by atoms with Crippen LogP contribution in [0, 0.1) is 0 Å². The highest BCUT2D eigenvalue weighted by Gasteiger charge is 2.39. The van der Waals surface area contributed by atoms with Crippen LogP contribution in [0.2, 0.25) is 0 Å². The first kappa shape index (κ1) is 15.9. The molecule has 3 rings (SSSR count). The zero-order valence-electron chi connectivity index (χ0n) is 12.0. The minimum Gasteiger partial charge on any atom is -0.350 e. The van der Waals surface area contributed by atoms with E-state index >= 15 is 0 Å². The van der Waals surface area contributed by atoms with Crippen molar-refractivity contribution in [3.05, 3.63) is 34.0 Å². The molecule has 1 N–H and O–H groups in total. The lowest BCUT2D eigenvalue weighted by molar-refractivity contribution is -0.148. The predicted octanol–water partition coefficient (Wildman–Crippen LogP) is 1.49. The van der Waals surface area contributed by atoms with E-state index in [1.165, 1.54) is 0 Å². The van der Waals surface area contributed by atoms with E-state index in [1.807, 2.05) is 17.5 Å². The van der Waals surface area contributed by atoms with Crippen LogP contribution in [0.25, 0.3) is 0 Å². The molecule has 0 saturated heterocycles. The normalized spacial score (nSPS) is 15.4. The van der Waals surface area contributed by atoms with Crippen LogP contribution in [0.3, 0.4) is 0 Å². The Labute approximate surface area is 133 Å². The van der Waals surface area contributed by atoms with E-state index < -0.39 is 12.0 Å². The van der Waals surface area contributed by atoms with E-state index in [9.17, 15) is 18.0 Å². The van der Waals surface area contributed by atoms with Crippen LogP contribution in [0.1, 0.15) is 16.5 Å². The number of carbonyl (C=O) groups excluding carboxylic acids is 1. The molecule has 0 radical (unpaired) electrons. The van der Waals surface area contributed by atoms with Crippen LogP contribution in [-0.4, -0.2) is 38.7 Å². The quantitative estimate of drug-likeness (QED) is 0.912. The summed E-state index contributed by atoms with van der Waals surface area (Å²) >= 11 is 1.55. The molecule has 0 atom stereocenters. The molecule has 23 heavy (non-hydrogen) atoms. The van der Waals surface area contributed by atoms with Gasteiger partial charge in [0.2, 0.25) is 11.7 Å². The molecular formula is C13H14F3N5OS. The molecule has 0 aromatic carbocycles. The average Bonchev–Trinajstić information content (AvgIpc) is 3.13. The Bertz CT molecular complexity index is 682. The lowest BCUT2D eigenvalue weighted by Gasteiger charge is -2.27. The highest BCUT2D eigenvalue weighted by atomic mass is 32.1. The number of hydrogen-bond acceptors (Lipinski definition) is 5. The third-order valence-electron chi connectivity index (χ3n) is 3.49. The topological polar surface area (TPSA) is 63.1 Å². The van der Waals surface area contributed by atoms with Crippen molar-refractivity contribution >= 4 is 17.2 Å². The molecule has 6 nitrogen and oxygen atoms in total. The molecule has 1 amide bonds. The first-order valence-electron chi connectivity index (χ1n) is 6.94. The zero-order valence-corrected chi connectivity index (χ0v) is 12.8. The van der Waals surface area contributed by atoms with E-state index in [-0.39, 0.29) is 31.4 Å². The van der Waals surface area contributed by atoms with Crippen molar-refractivity contribution < 1.29 is 18.0 Å². The number of fused-ring (bicyclic) bond motifs is 1. The Hall–Kier alpha value is -1.94. The molecule has 2 aromatic rings. The first-order chi connectivity index (χ1) is 10.9. The van der Waals surface area contributed by atoms with Crippen LogP contribution < -0.4 is 5.32 Å². The summed E-state index contributed by atoms with van der Waals surface area (Å²) in [5, 5.41) is 11.5. The van der Waals surface area contributed by atoms with Crippen molar-refractivity contribution in [1.82, 2.24) is 25.0 Å². The summed E-state index contributed by atoms with van der Waals surface area (Å²) in [7, 11) is 0. The Balaban J connectivity index is 1.55. The molecule has 0 saturated carbocycles. The molecular weight excluding hydrogens is 331 g/mol. The van der Waals surface area contributed by atoms with E-state index in [4.69, 9.17) is 0 Å². The predicted molar refractivity (Wildman–Crippen MR) is 76.5 cm³/mol. The number of amides is 1. The van der Waals surface area contributed by atoms with Crippen molar-refractivity contribution in [2.24, 2.45) is 0 Å². The Morgan fingerprint density at radius 2 is 2.17 bits per heavy atom. The lowest BCUT2D eigenvalue weighted by Crippen LogP contribution is -2.41. The minimum absolute atomic E-state index is 0.120. The minimum atomic E-state index is -4.51. The number of thiophene rings is 1. The van der Waals surface area contributed by atoms with Gasteiger partial charge < -0.3 is 9.88 Å². The van der Waals surface area contributed by atoms with Gasteiger partial charge in [0, 0.05) is 18.0 Å². The van der Waals surface area contributed by atoms with Gasteiger partial charge in [0.25, 0.3) is 0 Å². The van der Waals surface area contributed by atoms with Gasteiger partial charge in [-0.2, -0.15) is 13.2 Å². The fraction of sp³-hybridized carbons (Fsp3) is 0.462. The SMILES string of the molecule is O=C(CN1CCn2c(nnc2C(F)(F)F)C1)NCc1cccs1. The second kappa shape index (κ2) is 6.28. The van der Waals surface area contributed by atoms with Gasteiger partial charge in [0.15, 0.2) is 0 Å². The molecule has 10 heteroatoms. The lowest BCUT2D eigenvalue weighted by atomic mass is 10.3. The summed E-state index contributed by atoms with van der Waals surface area (Å²) in [6, 6.07) is 3.83. The van der Waals surface area contributed by atoms with Crippen molar-refractivity contribution in [1.29, 1.82) is 0 Å². The molecule has 0 fully saturated rings. The number of rotatable bonds is 4. The molecule has 0 spiro atoms. The molecule has 2 aromatic heterocycles. The highest BCUT2D eigenvalue weighted by Crippen LogP contribution is 2.29. The number of halogens is 3. The fourth-order valence-corrected chi connectivity index (χ4v) is 3.05. The van der Waals surface area contributed by atoms with Crippen LogP contribution in [-0.2, 0) is 30.6 Å². The zero-order chi connectivity index (χ0) is 16.4. The van der Waals surface area contributed by atoms with Gasteiger partial charge in [-0.3, -0.25) is 9.69 Å². The van der Waals surface area contributed by atoms with Gasteiger partial charge in [-0.05, 0) is 11.4 Å². The van der Waals surface area contributed by atoms with Crippen molar-refractivity contribution in [2.75, 3.05) is 13.1 Å². The van der Waals surface area contributed by atoms with Crippen molar-refractivity contribution in [3.8, 4) is 0 Å². The van der Waals surface area contributed by atoms with Crippen molar-refractivity contribution in [2.45, 2.75) is 25.8 Å². The molecule has 1 aliphatic heterocycles. The number of hydrogen-bond donors (Lipinski definition) is 1. The third kappa shape index (κ3) is 3.70. The Morgan fingerprint density at radius 1 is 1.35 bits per heavy atom. The van der Waals surface area contributed by atoms with E-state index in [0.717, 1.165) is 9.44 Å². The number of aromatic nitrogens is 3. The van der Waals surface area contributed by atoms with Crippen LogP contribution >= 0.6 is 11.3 Å². The number of alkyl halides is 3. The van der Waals surface area contributed by atoms with E-state index in [1.54, 1.807) is 16.2 Å². The Morgan fingerprint density at radius 3 is 2.87 bits per heavy atom. The van der Waals surface area contributed by atoms with Gasteiger partial charge in [-0.1, -0.05) is 6.07 Å². The van der Waals surface area contributed by atoms with Gasteiger partial charge in [-0.15, -0.1) is 21.5 Å². The maximum Gasteiger partial charge on any atom is 0.451 e. The molecule has 0 aliphatic carbocycles. The summed E-state index contributed by atoms with van der Waals surface area (Å²) in [6.45, 7) is 1.23. The molecule has 124 valence electrons. The standard InChI is InChI=1S/C13H14F3N5OS/c14-13(15,16)12-19-18-10-7-20(3-4-21(10)12)8-11(22)17-6-9-2-1-5-23-9/h1-2,5H,3-4,6-8H2,(H,17,22). The summed E-state index contributed by atoms with van der Waals surface area (Å²) in [4.78, 5) is 14.7. The second-order valence-electron chi connectivity index (χ2n) is 5.16. The van der Waals surface area contributed by atoms with Gasteiger partial charge in [-0.25, -0.2) is 0 Å². The second-order valence-corrected chi connectivity index (χ2v) is 6.19. The van der Waals surface area contributed by atoms with Gasteiger partial charge in [0.1, 0.15) is 5.82 Å². The summed E-state index contributed by atoms with van der Waals surface area (Å²) in [6.07, 6.45) is -4.51. The van der Waals surface area contributed by atoms with Crippen LogP contribution in [0.4, 0.5) is 13.2 Å². The number of nitrogens with one attached hydrogen (secondary N) is 1. The van der Waals surface area contributed by atoms with E-state index in [0.29, 0.717) is 13.1 Å². The van der Waals surface area contributed by atoms with E-state index in [2.05, 4.69) is 15.5 Å². The van der Waals surface area contributed by atoms with Gasteiger partial charge >= 0.3 is 6.18 Å².